The third-order valence-electron chi connectivity index (χ3n) is 3.90. The Labute approximate surface area is 152 Å². The summed E-state index contributed by atoms with van der Waals surface area (Å²) in [4.78, 5) is 22.0. The van der Waals surface area contributed by atoms with Gasteiger partial charge in [0.2, 0.25) is 0 Å². The predicted octanol–water partition coefficient (Wildman–Crippen LogP) is 4.46. The smallest absolute Gasteiger partial charge is 0.267 e. The third kappa shape index (κ3) is 5.11. The van der Waals surface area contributed by atoms with Crippen molar-refractivity contribution in [1.29, 1.82) is 0 Å². The summed E-state index contributed by atoms with van der Waals surface area (Å²) in [7, 11) is 0. The number of rotatable bonds is 6. The molecule has 0 aromatic heterocycles. The molecule has 2 aromatic carbocycles. The van der Waals surface area contributed by atoms with Crippen LogP contribution in [-0.2, 0) is 0 Å². The summed E-state index contributed by atoms with van der Waals surface area (Å²) < 4.78 is 0. The van der Waals surface area contributed by atoms with Gasteiger partial charge in [-0.1, -0.05) is 38.1 Å². The first-order valence-electron chi connectivity index (χ1n) is 8.23. The van der Waals surface area contributed by atoms with Crippen molar-refractivity contribution in [3.05, 3.63) is 80.9 Å². The van der Waals surface area contributed by atoms with E-state index in [1.54, 1.807) is 6.08 Å². The maximum absolute atomic E-state index is 11.9. The molecule has 6 nitrogen and oxygen atoms in total. The van der Waals surface area contributed by atoms with Crippen LogP contribution in [0.4, 0.5) is 5.69 Å². The van der Waals surface area contributed by atoms with Gasteiger partial charge in [-0.2, -0.15) is 5.10 Å². The monoisotopic (exact) mass is 351 g/mol. The van der Waals surface area contributed by atoms with Crippen LogP contribution < -0.4 is 5.43 Å². The van der Waals surface area contributed by atoms with Crippen molar-refractivity contribution < 1.29 is 9.72 Å². The lowest BCUT2D eigenvalue weighted by molar-refractivity contribution is -0.384. The van der Waals surface area contributed by atoms with E-state index >= 15 is 0 Å². The van der Waals surface area contributed by atoms with Crippen LogP contribution in [0.15, 0.2) is 53.6 Å². The molecule has 0 spiro atoms. The molecule has 2 rings (SSSR count). The molecule has 0 aliphatic heterocycles. The van der Waals surface area contributed by atoms with Gasteiger partial charge in [-0.05, 0) is 47.7 Å². The van der Waals surface area contributed by atoms with Gasteiger partial charge in [0.1, 0.15) is 0 Å². The fourth-order valence-corrected chi connectivity index (χ4v) is 2.33. The summed E-state index contributed by atoms with van der Waals surface area (Å²) in [5.74, 6) is 0.0601. The summed E-state index contributed by atoms with van der Waals surface area (Å²) >= 11 is 0. The Morgan fingerprint density at radius 1 is 1.19 bits per heavy atom. The highest BCUT2D eigenvalue weighted by molar-refractivity contribution is 5.94. The molecule has 6 heteroatoms. The van der Waals surface area contributed by atoms with Crippen LogP contribution in [0, 0.1) is 17.0 Å². The summed E-state index contributed by atoms with van der Waals surface area (Å²) in [6.07, 6.45) is 5.15. The van der Waals surface area contributed by atoms with E-state index in [1.807, 2.05) is 6.08 Å². The number of allylic oxidation sites excluding steroid dienone is 1. The Morgan fingerprint density at radius 2 is 1.88 bits per heavy atom. The second-order valence-electron chi connectivity index (χ2n) is 6.15. The topological polar surface area (TPSA) is 84.6 Å². The molecule has 0 atom stereocenters. The molecule has 1 N–H and O–H groups in total. The fraction of sp³-hybridized carbons (Fsp3) is 0.200. The molecular formula is C20H21N3O3. The molecule has 1 amide bonds. The molecule has 0 bridgehead atoms. The van der Waals surface area contributed by atoms with Gasteiger partial charge in [0.25, 0.3) is 11.6 Å². The zero-order valence-electron chi connectivity index (χ0n) is 15.0. The predicted molar refractivity (Wildman–Crippen MR) is 103 cm³/mol. The molecule has 0 saturated carbocycles. The lowest BCUT2D eigenvalue weighted by Crippen LogP contribution is -2.17. The average Bonchev–Trinajstić information content (AvgIpc) is 2.62. The Morgan fingerprint density at radius 3 is 2.46 bits per heavy atom. The van der Waals surface area contributed by atoms with E-state index < -0.39 is 10.8 Å². The Bertz CT molecular complexity index is 853. The van der Waals surface area contributed by atoms with E-state index in [-0.39, 0.29) is 5.69 Å². The molecular weight excluding hydrogens is 330 g/mol. The van der Waals surface area contributed by atoms with E-state index in [0.717, 1.165) is 5.56 Å². The van der Waals surface area contributed by atoms with Crippen molar-refractivity contribution in [2.75, 3.05) is 0 Å². The average molecular weight is 351 g/mol. The molecule has 2 aromatic rings. The summed E-state index contributed by atoms with van der Waals surface area (Å²) in [6.45, 7) is 6.37. The molecule has 0 radical (unpaired) electrons. The van der Waals surface area contributed by atoms with E-state index in [2.05, 4.69) is 49.5 Å². The molecule has 26 heavy (non-hydrogen) atoms. The molecule has 0 saturated heterocycles. The highest BCUT2D eigenvalue weighted by Gasteiger charge is 2.08. The number of carbonyl (C=O) groups excluding carboxylic acids is 1. The lowest BCUT2D eigenvalue weighted by atomic mass is 9.98. The largest absolute Gasteiger partial charge is 0.271 e. The Balaban J connectivity index is 1.93. The number of amides is 1. The number of hydrogen-bond donors (Lipinski definition) is 1. The van der Waals surface area contributed by atoms with Crippen molar-refractivity contribution >= 4 is 23.9 Å². The number of benzene rings is 2. The number of nitro benzene ring substituents is 1. The van der Waals surface area contributed by atoms with Crippen molar-refractivity contribution in [3.8, 4) is 0 Å². The second-order valence-corrected chi connectivity index (χ2v) is 6.15. The number of non-ortho nitro benzene ring substituents is 1. The number of nitrogens with zero attached hydrogens (tertiary/aromatic N) is 2. The third-order valence-corrected chi connectivity index (χ3v) is 3.90. The minimum Gasteiger partial charge on any atom is -0.267 e. The first-order valence-corrected chi connectivity index (χ1v) is 8.23. The Kier molecular flexibility index (Phi) is 6.38. The van der Waals surface area contributed by atoms with Crippen LogP contribution in [0.3, 0.4) is 0 Å². The molecule has 134 valence electrons. The first kappa shape index (κ1) is 19.1. The molecule has 0 heterocycles. The maximum Gasteiger partial charge on any atom is 0.271 e. The van der Waals surface area contributed by atoms with Crippen LogP contribution in [0.2, 0.25) is 0 Å². The van der Waals surface area contributed by atoms with Crippen LogP contribution in [0.5, 0.6) is 0 Å². The van der Waals surface area contributed by atoms with Gasteiger partial charge >= 0.3 is 0 Å². The second kappa shape index (κ2) is 8.71. The number of nitrogens with one attached hydrogen (secondary N) is 1. The van der Waals surface area contributed by atoms with Gasteiger partial charge in [-0.15, -0.1) is 0 Å². The number of hydrazone groups is 1. The van der Waals surface area contributed by atoms with E-state index in [0.29, 0.717) is 11.5 Å². The number of carbonyl (C=O) groups is 1. The van der Waals surface area contributed by atoms with Gasteiger partial charge < -0.3 is 0 Å². The van der Waals surface area contributed by atoms with Crippen LogP contribution in [0.1, 0.15) is 46.8 Å². The van der Waals surface area contributed by atoms with Crippen molar-refractivity contribution in [2.24, 2.45) is 5.10 Å². The lowest BCUT2D eigenvalue weighted by Gasteiger charge is -2.08. The van der Waals surface area contributed by atoms with Crippen molar-refractivity contribution in [3.63, 3.8) is 0 Å². The van der Waals surface area contributed by atoms with Gasteiger partial charge in [-0.25, -0.2) is 5.43 Å². The summed E-state index contributed by atoms with van der Waals surface area (Å²) in [5.41, 5.74) is 6.18. The minimum atomic E-state index is -0.514. The van der Waals surface area contributed by atoms with E-state index in [4.69, 9.17) is 0 Å². The van der Waals surface area contributed by atoms with Crippen LogP contribution in [0.25, 0.3) is 6.08 Å². The number of nitro groups is 1. The maximum atomic E-state index is 11.9. The number of aryl methyl sites for hydroxylation is 1. The van der Waals surface area contributed by atoms with Crippen LogP contribution >= 0.6 is 0 Å². The van der Waals surface area contributed by atoms with Gasteiger partial charge in [0.05, 0.1) is 4.92 Å². The highest BCUT2D eigenvalue weighted by Crippen LogP contribution is 2.19. The SMILES string of the molecule is Cc1cc(C(C)C)ccc1/C=C/C=N/NC(=O)c1ccc([N+](=O)[O-])cc1. The van der Waals surface area contributed by atoms with Gasteiger partial charge in [0, 0.05) is 23.9 Å². The first-order chi connectivity index (χ1) is 12.4. The normalized spacial score (nSPS) is 11.4. The van der Waals surface area contributed by atoms with E-state index in [1.165, 1.54) is 41.6 Å². The Hall–Kier alpha value is -3.28. The standard InChI is InChI=1S/C20H21N3O3/c1-14(2)18-7-6-16(15(3)13-18)5-4-12-21-22-20(24)17-8-10-19(11-9-17)23(25)26/h4-14H,1-3H3,(H,22,24)/b5-4+,21-12+. The summed E-state index contributed by atoms with van der Waals surface area (Å²) in [5, 5.41) is 14.4. The zero-order chi connectivity index (χ0) is 19.1. The van der Waals surface area contributed by atoms with Crippen LogP contribution in [-0.4, -0.2) is 17.0 Å². The molecule has 0 fully saturated rings. The van der Waals surface area contributed by atoms with Crippen molar-refractivity contribution in [1.82, 2.24) is 5.43 Å². The van der Waals surface area contributed by atoms with E-state index in [9.17, 15) is 14.9 Å². The zero-order valence-corrected chi connectivity index (χ0v) is 15.0. The highest BCUT2D eigenvalue weighted by atomic mass is 16.6. The minimum absolute atomic E-state index is 0.0631. The van der Waals surface area contributed by atoms with Gasteiger partial charge in [-0.3, -0.25) is 14.9 Å². The quantitative estimate of drug-likeness (QED) is 0.474. The number of hydrogen-bond acceptors (Lipinski definition) is 4. The molecule has 0 aliphatic rings. The van der Waals surface area contributed by atoms with Crippen molar-refractivity contribution in [2.45, 2.75) is 26.7 Å². The molecule has 0 aliphatic carbocycles. The summed E-state index contributed by atoms with van der Waals surface area (Å²) in [6, 6.07) is 11.7. The molecule has 0 unspecified atom stereocenters. The fourth-order valence-electron chi connectivity index (χ4n) is 2.33. The van der Waals surface area contributed by atoms with Gasteiger partial charge in [0.15, 0.2) is 0 Å².